The highest BCUT2D eigenvalue weighted by Gasteiger charge is 2.23. The number of nitrogens with one attached hydrogen (secondary N) is 1. The van der Waals surface area contributed by atoms with Crippen LogP contribution < -0.4 is 5.32 Å². The van der Waals surface area contributed by atoms with Crippen LogP contribution in [0.5, 0.6) is 0 Å². The van der Waals surface area contributed by atoms with E-state index in [-0.39, 0.29) is 12.5 Å². The van der Waals surface area contributed by atoms with Gasteiger partial charge in [0.2, 0.25) is 5.91 Å². The largest absolute Gasteiger partial charge is 0.395 e. The molecule has 1 saturated carbocycles. The van der Waals surface area contributed by atoms with E-state index >= 15 is 0 Å². The Kier molecular flexibility index (Phi) is 5.65. The summed E-state index contributed by atoms with van der Waals surface area (Å²) in [5, 5.41) is 11.6. The minimum absolute atomic E-state index is 0.104. The van der Waals surface area contributed by atoms with Gasteiger partial charge in [-0.15, -0.1) is 0 Å². The molecule has 0 aromatic rings. The van der Waals surface area contributed by atoms with E-state index < -0.39 is 0 Å². The van der Waals surface area contributed by atoms with Gasteiger partial charge >= 0.3 is 0 Å². The number of aliphatic hydroxyl groups is 1. The molecule has 1 rings (SSSR count). The molecule has 0 aromatic carbocycles. The zero-order chi connectivity index (χ0) is 11.1. The SMILES string of the molecule is CNC(=O)CCCN(CCO)C1CCC1. The lowest BCUT2D eigenvalue weighted by molar-refractivity contribution is -0.120. The molecule has 0 bridgehead atoms. The first-order chi connectivity index (χ1) is 7.27. The van der Waals surface area contributed by atoms with Crippen molar-refractivity contribution in [3.05, 3.63) is 0 Å². The van der Waals surface area contributed by atoms with Crippen molar-refractivity contribution >= 4 is 5.91 Å². The molecule has 1 fully saturated rings. The predicted octanol–water partition coefficient (Wildman–Crippen LogP) is 0.359. The second-order valence-corrected chi connectivity index (χ2v) is 4.12. The summed E-state index contributed by atoms with van der Waals surface area (Å²) in [5.74, 6) is 0.104. The summed E-state index contributed by atoms with van der Waals surface area (Å²) < 4.78 is 0. The fraction of sp³-hybridized carbons (Fsp3) is 0.909. The molecular weight excluding hydrogens is 192 g/mol. The number of hydrogen-bond acceptors (Lipinski definition) is 3. The Hall–Kier alpha value is -0.610. The molecule has 4 heteroatoms. The van der Waals surface area contributed by atoms with Gasteiger partial charge in [-0.25, -0.2) is 0 Å². The molecule has 1 aliphatic rings. The average molecular weight is 214 g/mol. The van der Waals surface area contributed by atoms with Crippen LogP contribution in [0.4, 0.5) is 0 Å². The lowest BCUT2D eigenvalue weighted by atomic mass is 9.91. The number of nitrogens with zero attached hydrogens (tertiary/aromatic N) is 1. The first kappa shape index (κ1) is 12.5. The fourth-order valence-corrected chi connectivity index (χ4v) is 1.92. The lowest BCUT2D eigenvalue weighted by Crippen LogP contribution is -2.42. The second kappa shape index (κ2) is 6.80. The standard InChI is InChI=1S/C11H22N2O2/c1-12-11(15)6-3-7-13(8-9-14)10-4-2-5-10/h10,14H,2-9H2,1H3,(H,12,15). The molecular formula is C11H22N2O2. The van der Waals surface area contributed by atoms with Gasteiger partial charge in [-0.05, 0) is 25.8 Å². The van der Waals surface area contributed by atoms with Gasteiger partial charge in [-0.3, -0.25) is 9.69 Å². The molecule has 0 spiro atoms. The van der Waals surface area contributed by atoms with Crippen LogP contribution in [0, 0.1) is 0 Å². The summed E-state index contributed by atoms with van der Waals surface area (Å²) in [6.07, 6.45) is 5.28. The molecule has 4 nitrogen and oxygen atoms in total. The maximum Gasteiger partial charge on any atom is 0.219 e. The van der Waals surface area contributed by atoms with Crippen molar-refractivity contribution < 1.29 is 9.90 Å². The highest BCUT2D eigenvalue weighted by molar-refractivity contribution is 5.75. The van der Waals surface area contributed by atoms with Crippen LogP contribution in [0.3, 0.4) is 0 Å². The Morgan fingerprint density at radius 3 is 2.67 bits per heavy atom. The van der Waals surface area contributed by atoms with E-state index in [2.05, 4.69) is 10.2 Å². The van der Waals surface area contributed by atoms with E-state index in [1.807, 2.05) is 0 Å². The Morgan fingerprint density at radius 2 is 2.20 bits per heavy atom. The number of carbonyl (C=O) groups excluding carboxylic acids is 1. The molecule has 0 aromatic heterocycles. The van der Waals surface area contributed by atoms with Crippen molar-refractivity contribution in [3.63, 3.8) is 0 Å². The van der Waals surface area contributed by atoms with Gasteiger partial charge in [0, 0.05) is 26.1 Å². The van der Waals surface area contributed by atoms with E-state index in [0.717, 1.165) is 19.5 Å². The van der Waals surface area contributed by atoms with Crippen LogP contribution in [0.15, 0.2) is 0 Å². The van der Waals surface area contributed by atoms with Gasteiger partial charge in [0.05, 0.1) is 6.61 Å². The topological polar surface area (TPSA) is 52.6 Å². The van der Waals surface area contributed by atoms with Crippen molar-refractivity contribution in [2.24, 2.45) is 0 Å². The molecule has 0 saturated heterocycles. The quantitative estimate of drug-likeness (QED) is 0.643. The summed E-state index contributed by atoms with van der Waals surface area (Å²) in [6, 6.07) is 0.654. The van der Waals surface area contributed by atoms with Gasteiger partial charge in [0.15, 0.2) is 0 Å². The summed E-state index contributed by atoms with van der Waals surface area (Å²) >= 11 is 0. The normalized spacial score (nSPS) is 16.5. The molecule has 88 valence electrons. The Labute approximate surface area is 91.6 Å². The van der Waals surface area contributed by atoms with E-state index in [4.69, 9.17) is 5.11 Å². The van der Waals surface area contributed by atoms with Crippen LogP contribution in [-0.2, 0) is 4.79 Å². The summed E-state index contributed by atoms with van der Waals surface area (Å²) in [6.45, 7) is 1.90. The average Bonchev–Trinajstić information content (AvgIpc) is 2.15. The third kappa shape index (κ3) is 4.18. The van der Waals surface area contributed by atoms with E-state index in [1.165, 1.54) is 19.3 Å². The highest BCUT2D eigenvalue weighted by Crippen LogP contribution is 2.24. The smallest absolute Gasteiger partial charge is 0.219 e. The maximum absolute atomic E-state index is 11.0. The predicted molar refractivity (Wildman–Crippen MR) is 59.6 cm³/mol. The number of hydrogen-bond donors (Lipinski definition) is 2. The zero-order valence-corrected chi connectivity index (χ0v) is 9.54. The van der Waals surface area contributed by atoms with Crippen LogP contribution in [-0.4, -0.2) is 48.7 Å². The lowest BCUT2D eigenvalue weighted by Gasteiger charge is -2.37. The van der Waals surface area contributed by atoms with Crippen LogP contribution in [0.1, 0.15) is 32.1 Å². The van der Waals surface area contributed by atoms with E-state index in [0.29, 0.717) is 12.5 Å². The van der Waals surface area contributed by atoms with Crippen molar-refractivity contribution in [2.45, 2.75) is 38.1 Å². The van der Waals surface area contributed by atoms with Gasteiger partial charge in [-0.1, -0.05) is 6.42 Å². The van der Waals surface area contributed by atoms with Gasteiger partial charge < -0.3 is 10.4 Å². The maximum atomic E-state index is 11.0. The Balaban J connectivity index is 2.16. The van der Waals surface area contributed by atoms with Gasteiger partial charge in [-0.2, -0.15) is 0 Å². The molecule has 0 heterocycles. The van der Waals surface area contributed by atoms with Gasteiger partial charge in [0.25, 0.3) is 0 Å². The first-order valence-corrected chi connectivity index (χ1v) is 5.83. The van der Waals surface area contributed by atoms with E-state index in [9.17, 15) is 4.79 Å². The van der Waals surface area contributed by atoms with Crippen LogP contribution in [0.2, 0.25) is 0 Å². The summed E-state index contributed by atoms with van der Waals surface area (Å²) in [5.41, 5.74) is 0. The molecule has 0 radical (unpaired) electrons. The number of rotatable bonds is 7. The van der Waals surface area contributed by atoms with Crippen LogP contribution >= 0.6 is 0 Å². The molecule has 15 heavy (non-hydrogen) atoms. The Bertz CT molecular complexity index is 193. The minimum atomic E-state index is 0.104. The highest BCUT2D eigenvalue weighted by atomic mass is 16.3. The third-order valence-electron chi connectivity index (χ3n) is 3.11. The number of amides is 1. The monoisotopic (exact) mass is 214 g/mol. The molecule has 0 unspecified atom stereocenters. The number of carbonyl (C=O) groups is 1. The molecule has 0 atom stereocenters. The first-order valence-electron chi connectivity index (χ1n) is 5.83. The fourth-order valence-electron chi connectivity index (χ4n) is 1.92. The van der Waals surface area contributed by atoms with Gasteiger partial charge in [0.1, 0.15) is 0 Å². The third-order valence-corrected chi connectivity index (χ3v) is 3.11. The van der Waals surface area contributed by atoms with Crippen molar-refractivity contribution in [1.82, 2.24) is 10.2 Å². The zero-order valence-electron chi connectivity index (χ0n) is 9.54. The molecule has 0 aliphatic heterocycles. The minimum Gasteiger partial charge on any atom is -0.395 e. The van der Waals surface area contributed by atoms with E-state index in [1.54, 1.807) is 7.05 Å². The van der Waals surface area contributed by atoms with Crippen molar-refractivity contribution in [2.75, 3.05) is 26.7 Å². The summed E-state index contributed by atoms with van der Waals surface area (Å²) in [7, 11) is 1.67. The Morgan fingerprint density at radius 1 is 1.47 bits per heavy atom. The van der Waals surface area contributed by atoms with Crippen molar-refractivity contribution in [3.8, 4) is 0 Å². The molecule has 2 N–H and O–H groups in total. The number of aliphatic hydroxyl groups excluding tert-OH is 1. The van der Waals surface area contributed by atoms with Crippen molar-refractivity contribution in [1.29, 1.82) is 0 Å². The molecule has 1 amide bonds. The van der Waals surface area contributed by atoms with Crippen LogP contribution in [0.25, 0.3) is 0 Å². The summed E-state index contributed by atoms with van der Waals surface area (Å²) in [4.78, 5) is 13.3. The second-order valence-electron chi connectivity index (χ2n) is 4.12. The molecule has 1 aliphatic carbocycles.